The Kier molecular flexibility index (Phi) is 7.38. The number of aryl methyl sites for hydroxylation is 2. The molecule has 0 saturated carbocycles. The zero-order valence-corrected chi connectivity index (χ0v) is 19.6. The molecule has 2 aromatic carbocycles. The molecule has 168 valence electrons. The second-order valence-electron chi connectivity index (χ2n) is 8.37. The molecule has 1 fully saturated rings. The summed E-state index contributed by atoms with van der Waals surface area (Å²) in [6.07, 6.45) is 1.54. The van der Waals surface area contributed by atoms with Crippen molar-refractivity contribution in [1.82, 2.24) is 9.62 Å². The Morgan fingerprint density at radius 2 is 1.61 bits per heavy atom. The molecule has 2 aromatic rings. The SMILES string of the molecule is Cc1cc(C)c(C)c(S(=O)(=O)NCC2CCN(C(=O)COc3ccccc3)CC2)c1C. The Labute approximate surface area is 185 Å². The minimum Gasteiger partial charge on any atom is -0.484 e. The average molecular weight is 445 g/mol. The highest BCUT2D eigenvalue weighted by atomic mass is 32.2. The number of hydrogen-bond donors (Lipinski definition) is 1. The Morgan fingerprint density at radius 3 is 2.19 bits per heavy atom. The standard InChI is InChI=1S/C24H32N2O4S/c1-17-14-18(2)20(4)24(19(17)3)31(28,29)25-15-21-10-12-26(13-11-21)23(27)16-30-22-8-6-5-7-9-22/h5-9,14,21,25H,10-13,15-16H2,1-4H3. The van der Waals surface area contributed by atoms with Gasteiger partial charge in [-0.05, 0) is 80.8 Å². The Morgan fingerprint density at radius 1 is 1.03 bits per heavy atom. The summed E-state index contributed by atoms with van der Waals surface area (Å²) in [5.74, 6) is 0.849. The maximum atomic E-state index is 13.0. The number of carbonyl (C=O) groups is 1. The lowest BCUT2D eigenvalue weighted by molar-refractivity contribution is -0.134. The molecule has 1 aliphatic heterocycles. The van der Waals surface area contributed by atoms with E-state index in [0.29, 0.717) is 30.3 Å². The fourth-order valence-corrected chi connectivity index (χ4v) is 5.75. The molecule has 1 N–H and O–H groups in total. The molecule has 3 rings (SSSR count). The molecule has 0 atom stereocenters. The van der Waals surface area contributed by atoms with Gasteiger partial charge in [0.15, 0.2) is 6.61 Å². The molecule has 0 aromatic heterocycles. The van der Waals surface area contributed by atoms with E-state index in [1.807, 2.05) is 64.1 Å². The number of amides is 1. The van der Waals surface area contributed by atoms with E-state index >= 15 is 0 Å². The smallest absolute Gasteiger partial charge is 0.260 e. The van der Waals surface area contributed by atoms with Gasteiger partial charge >= 0.3 is 0 Å². The number of para-hydroxylation sites is 1. The lowest BCUT2D eigenvalue weighted by atomic mass is 9.97. The van der Waals surface area contributed by atoms with Gasteiger partial charge in [-0.3, -0.25) is 4.79 Å². The van der Waals surface area contributed by atoms with Crippen LogP contribution in [-0.2, 0) is 14.8 Å². The number of likely N-dealkylation sites (tertiary alicyclic amines) is 1. The summed E-state index contributed by atoms with van der Waals surface area (Å²) in [6, 6.07) is 11.3. The molecule has 1 heterocycles. The summed E-state index contributed by atoms with van der Waals surface area (Å²) >= 11 is 0. The second kappa shape index (κ2) is 9.83. The van der Waals surface area contributed by atoms with Crippen molar-refractivity contribution in [3.63, 3.8) is 0 Å². The van der Waals surface area contributed by atoms with Gasteiger partial charge in [0, 0.05) is 19.6 Å². The first kappa shape index (κ1) is 23.3. The third-order valence-corrected chi connectivity index (χ3v) is 7.90. The van der Waals surface area contributed by atoms with Crippen molar-refractivity contribution in [3.8, 4) is 5.75 Å². The van der Waals surface area contributed by atoms with Crippen LogP contribution in [0.15, 0.2) is 41.3 Å². The molecule has 0 bridgehead atoms. The van der Waals surface area contributed by atoms with Gasteiger partial charge in [0.2, 0.25) is 10.0 Å². The van der Waals surface area contributed by atoms with E-state index in [1.54, 1.807) is 4.90 Å². The first-order valence-electron chi connectivity index (χ1n) is 10.7. The molecule has 1 aliphatic rings. The number of hydrogen-bond acceptors (Lipinski definition) is 4. The van der Waals surface area contributed by atoms with Crippen LogP contribution < -0.4 is 9.46 Å². The molecule has 1 saturated heterocycles. The Balaban J connectivity index is 1.52. The first-order valence-corrected chi connectivity index (χ1v) is 12.2. The van der Waals surface area contributed by atoms with Crippen LogP contribution in [0.5, 0.6) is 5.75 Å². The van der Waals surface area contributed by atoms with Gasteiger partial charge in [-0.1, -0.05) is 24.3 Å². The largest absolute Gasteiger partial charge is 0.484 e. The van der Waals surface area contributed by atoms with Crippen molar-refractivity contribution >= 4 is 15.9 Å². The predicted octanol–water partition coefficient (Wildman–Crippen LogP) is 3.52. The van der Waals surface area contributed by atoms with Crippen molar-refractivity contribution in [2.24, 2.45) is 5.92 Å². The molecular formula is C24H32N2O4S. The number of ether oxygens (including phenoxy) is 1. The molecule has 0 radical (unpaired) electrons. The maximum Gasteiger partial charge on any atom is 0.260 e. The fourth-order valence-electron chi connectivity index (χ4n) is 4.02. The van der Waals surface area contributed by atoms with E-state index in [-0.39, 0.29) is 18.4 Å². The highest BCUT2D eigenvalue weighted by Gasteiger charge is 2.26. The average Bonchev–Trinajstić information content (AvgIpc) is 2.76. The zero-order chi connectivity index (χ0) is 22.6. The lowest BCUT2D eigenvalue weighted by Crippen LogP contribution is -2.43. The summed E-state index contributed by atoms with van der Waals surface area (Å²) in [5, 5.41) is 0. The quantitative estimate of drug-likeness (QED) is 0.709. The number of sulfonamides is 1. The van der Waals surface area contributed by atoms with Crippen LogP contribution in [0.25, 0.3) is 0 Å². The molecule has 0 aliphatic carbocycles. The number of nitrogens with one attached hydrogen (secondary N) is 1. The summed E-state index contributed by atoms with van der Waals surface area (Å²) in [5.41, 5.74) is 3.56. The van der Waals surface area contributed by atoms with Gasteiger partial charge in [-0.2, -0.15) is 0 Å². The van der Waals surface area contributed by atoms with Crippen LogP contribution in [-0.4, -0.2) is 45.5 Å². The van der Waals surface area contributed by atoms with Gasteiger partial charge < -0.3 is 9.64 Å². The molecule has 0 spiro atoms. The number of benzene rings is 2. The van der Waals surface area contributed by atoms with Gasteiger partial charge in [0.05, 0.1) is 4.90 Å². The van der Waals surface area contributed by atoms with Crippen molar-refractivity contribution in [2.45, 2.75) is 45.4 Å². The third kappa shape index (κ3) is 5.66. The van der Waals surface area contributed by atoms with E-state index < -0.39 is 10.0 Å². The van der Waals surface area contributed by atoms with Gasteiger partial charge in [-0.15, -0.1) is 0 Å². The Hall–Kier alpha value is -2.38. The van der Waals surface area contributed by atoms with Crippen molar-refractivity contribution < 1.29 is 17.9 Å². The first-order chi connectivity index (χ1) is 14.7. The van der Waals surface area contributed by atoms with E-state index in [4.69, 9.17) is 4.74 Å². The number of rotatable bonds is 7. The minimum atomic E-state index is -3.59. The summed E-state index contributed by atoms with van der Waals surface area (Å²) in [4.78, 5) is 14.6. The van der Waals surface area contributed by atoms with Crippen LogP contribution >= 0.6 is 0 Å². The number of nitrogens with zero attached hydrogens (tertiary/aromatic N) is 1. The van der Waals surface area contributed by atoms with E-state index in [2.05, 4.69) is 4.72 Å². The molecule has 6 nitrogen and oxygen atoms in total. The highest BCUT2D eigenvalue weighted by molar-refractivity contribution is 7.89. The molecule has 7 heteroatoms. The minimum absolute atomic E-state index is 0.0204. The lowest BCUT2D eigenvalue weighted by Gasteiger charge is -2.32. The monoisotopic (exact) mass is 444 g/mol. The molecule has 0 unspecified atom stereocenters. The van der Waals surface area contributed by atoms with Crippen LogP contribution in [0, 0.1) is 33.6 Å². The number of carbonyl (C=O) groups excluding carboxylic acids is 1. The topological polar surface area (TPSA) is 75.7 Å². The van der Waals surface area contributed by atoms with Gasteiger partial charge in [0.1, 0.15) is 5.75 Å². The summed E-state index contributed by atoms with van der Waals surface area (Å²) in [7, 11) is -3.59. The maximum absolute atomic E-state index is 13.0. The van der Waals surface area contributed by atoms with Crippen LogP contribution in [0.3, 0.4) is 0 Å². The number of piperidine rings is 1. The van der Waals surface area contributed by atoms with Gasteiger partial charge in [-0.25, -0.2) is 13.1 Å². The van der Waals surface area contributed by atoms with E-state index in [1.165, 1.54) is 0 Å². The predicted molar refractivity (Wildman–Crippen MR) is 122 cm³/mol. The van der Waals surface area contributed by atoms with Crippen molar-refractivity contribution in [3.05, 3.63) is 58.7 Å². The fraction of sp³-hybridized carbons (Fsp3) is 0.458. The summed E-state index contributed by atoms with van der Waals surface area (Å²) < 4.78 is 34.4. The van der Waals surface area contributed by atoms with Crippen LogP contribution in [0.1, 0.15) is 35.1 Å². The zero-order valence-electron chi connectivity index (χ0n) is 18.8. The third-order valence-electron chi connectivity index (χ3n) is 6.20. The normalized spacial score (nSPS) is 15.2. The Bertz CT molecular complexity index is 1000. The summed E-state index contributed by atoms with van der Waals surface area (Å²) in [6.45, 7) is 9.24. The molecular weight excluding hydrogens is 412 g/mol. The highest BCUT2D eigenvalue weighted by Crippen LogP contribution is 2.26. The van der Waals surface area contributed by atoms with Crippen LogP contribution in [0.2, 0.25) is 0 Å². The van der Waals surface area contributed by atoms with Gasteiger partial charge in [0.25, 0.3) is 5.91 Å². The van der Waals surface area contributed by atoms with Crippen LogP contribution in [0.4, 0.5) is 0 Å². The second-order valence-corrected chi connectivity index (χ2v) is 10.1. The van der Waals surface area contributed by atoms with Crippen molar-refractivity contribution in [2.75, 3.05) is 26.2 Å². The van der Waals surface area contributed by atoms with Crippen molar-refractivity contribution in [1.29, 1.82) is 0 Å². The van der Waals surface area contributed by atoms with E-state index in [9.17, 15) is 13.2 Å². The van der Waals surface area contributed by atoms with E-state index in [0.717, 1.165) is 35.1 Å². The molecule has 31 heavy (non-hydrogen) atoms. The molecule has 1 amide bonds.